The van der Waals surface area contributed by atoms with E-state index in [2.05, 4.69) is 15.2 Å². The summed E-state index contributed by atoms with van der Waals surface area (Å²) in [5.74, 6) is 0.834. The quantitative estimate of drug-likeness (QED) is 0.618. The van der Waals surface area contributed by atoms with Gasteiger partial charge in [-0.1, -0.05) is 18.2 Å². The van der Waals surface area contributed by atoms with E-state index in [1.807, 2.05) is 60.6 Å². The van der Waals surface area contributed by atoms with Crippen molar-refractivity contribution in [2.24, 2.45) is 7.05 Å². The van der Waals surface area contributed by atoms with Crippen molar-refractivity contribution in [3.8, 4) is 17.1 Å². The first-order valence-corrected chi connectivity index (χ1v) is 7.15. The molecular weight excluding hydrogens is 276 g/mol. The monoisotopic (exact) mass is 292 g/mol. The van der Waals surface area contributed by atoms with Gasteiger partial charge in [0.05, 0.1) is 23.1 Å². The molecule has 0 spiro atoms. The van der Waals surface area contributed by atoms with Gasteiger partial charge in [-0.3, -0.25) is 4.68 Å². The first-order valence-electron chi connectivity index (χ1n) is 7.15. The summed E-state index contributed by atoms with van der Waals surface area (Å²) in [6, 6.07) is 10.0. The highest BCUT2D eigenvalue weighted by Gasteiger charge is 2.17. The molecule has 0 saturated heterocycles. The Balaban J connectivity index is 1.91. The number of hydrogen-bond acceptors (Lipinski definition) is 3. The number of aryl methyl sites for hydroxylation is 2. The molecule has 22 heavy (non-hydrogen) atoms. The van der Waals surface area contributed by atoms with E-state index in [0.29, 0.717) is 0 Å². The zero-order valence-electron chi connectivity index (χ0n) is 12.7. The lowest BCUT2D eigenvalue weighted by Gasteiger charge is -2.00. The molecule has 0 atom stereocenters. The first-order chi connectivity index (χ1) is 10.6. The van der Waals surface area contributed by atoms with Gasteiger partial charge >= 0.3 is 0 Å². The Labute approximate surface area is 127 Å². The zero-order valence-corrected chi connectivity index (χ0v) is 12.7. The average molecular weight is 292 g/mol. The fourth-order valence-electron chi connectivity index (χ4n) is 2.79. The van der Waals surface area contributed by atoms with Crippen LogP contribution in [-0.2, 0) is 7.05 Å². The molecular formula is C16H16N6. The first kappa shape index (κ1) is 12.8. The van der Waals surface area contributed by atoms with E-state index in [9.17, 15) is 0 Å². The van der Waals surface area contributed by atoms with Crippen LogP contribution in [0.1, 0.15) is 11.4 Å². The van der Waals surface area contributed by atoms with E-state index in [0.717, 1.165) is 39.6 Å². The van der Waals surface area contributed by atoms with Crippen LogP contribution >= 0.6 is 0 Å². The van der Waals surface area contributed by atoms with Gasteiger partial charge in [0.25, 0.3) is 0 Å². The summed E-state index contributed by atoms with van der Waals surface area (Å²) in [4.78, 5) is 8.10. The third-order valence-corrected chi connectivity index (χ3v) is 3.96. The SMILES string of the molecule is Cc1nn(C)c(C)c1-c1nc2c(cnn2-c2ccccc2)[nH]1. The van der Waals surface area contributed by atoms with Crippen molar-refractivity contribution in [3.05, 3.63) is 47.9 Å². The molecule has 0 saturated carbocycles. The van der Waals surface area contributed by atoms with Crippen molar-refractivity contribution in [1.29, 1.82) is 0 Å². The highest BCUT2D eigenvalue weighted by Crippen LogP contribution is 2.27. The van der Waals surface area contributed by atoms with E-state index in [-0.39, 0.29) is 0 Å². The van der Waals surface area contributed by atoms with Gasteiger partial charge in [-0.05, 0) is 26.0 Å². The Morgan fingerprint density at radius 3 is 2.55 bits per heavy atom. The van der Waals surface area contributed by atoms with Crippen molar-refractivity contribution in [2.45, 2.75) is 13.8 Å². The van der Waals surface area contributed by atoms with Gasteiger partial charge in [-0.2, -0.15) is 10.2 Å². The third-order valence-electron chi connectivity index (χ3n) is 3.96. The maximum absolute atomic E-state index is 4.75. The lowest BCUT2D eigenvalue weighted by molar-refractivity contribution is 0.731. The topological polar surface area (TPSA) is 64.3 Å². The van der Waals surface area contributed by atoms with Crippen LogP contribution in [0.15, 0.2) is 36.5 Å². The molecule has 3 aromatic heterocycles. The Morgan fingerprint density at radius 2 is 1.86 bits per heavy atom. The molecule has 0 bridgehead atoms. The minimum absolute atomic E-state index is 0.823. The molecule has 6 nitrogen and oxygen atoms in total. The molecule has 6 heteroatoms. The average Bonchev–Trinajstić information content (AvgIpc) is 3.14. The number of imidazole rings is 1. The Hall–Kier alpha value is -2.89. The van der Waals surface area contributed by atoms with Gasteiger partial charge in [0.2, 0.25) is 0 Å². The molecule has 4 aromatic rings. The lowest BCUT2D eigenvalue weighted by atomic mass is 10.2. The van der Waals surface area contributed by atoms with Gasteiger partial charge < -0.3 is 4.98 Å². The number of H-pyrrole nitrogens is 1. The summed E-state index contributed by atoms with van der Waals surface area (Å²) in [5.41, 5.74) is 5.85. The van der Waals surface area contributed by atoms with Crippen LogP contribution in [0.25, 0.3) is 28.2 Å². The number of nitrogens with zero attached hydrogens (tertiary/aromatic N) is 5. The van der Waals surface area contributed by atoms with Crippen LogP contribution in [0, 0.1) is 13.8 Å². The summed E-state index contributed by atoms with van der Waals surface area (Å²) in [7, 11) is 1.94. The van der Waals surface area contributed by atoms with Gasteiger partial charge in [0, 0.05) is 12.7 Å². The zero-order chi connectivity index (χ0) is 15.3. The largest absolute Gasteiger partial charge is 0.335 e. The van der Waals surface area contributed by atoms with Crippen LogP contribution in [-0.4, -0.2) is 29.5 Å². The molecule has 110 valence electrons. The number of nitrogens with one attached hydrogen (secondary N) is 1. The van der Waals surface area contributed by atoms with E-state index in [1.54, 1.807) is 6.20 Å². The molecule has 3 heterocycles. The predicted octanol–water partition coefficient (Wildman–Crippen LogP) is 2.77. The molecule has 1 N–H and O–H groups in total. The minimum atomic E-state index is 0.823. The molecule has 0 unspecified atom stereocenters. The second-order valence-corrected chi connectivity index (χ2v) is 5.38. The second kappa shape index (κ2) is 4.56. The molecule has 0 aliphatic rings. The van der Waals surface area contributed by atoms with Crippen molar-refractivity contribution < 1.29 is 0 Å². The molecule has 0 aliphatic carbocycles. The number of aromatic nitrogens is 6. The standard InChI is InChI=1S/C16H16N6/c1-10-14(11(2)21(3)20-10)15-18-13-9-17-22(16(13)19-15)12-7-5-4-6-8-12/h4-9H,1-3H3,(H,18,19). The molecule has 1 aromatic carbocycles. The van der Waals surface area contributed by atoms with Crippen LogP contribution in [0.4, 0.5) is 0 Å². The summed E-state index contributed by atoms with van der Waals surface area (Å²) in [6.45, 7) is 4.05. The maximum Gasteiger partial charge on any atom is 0.181 e. The fraction of sp³-hybridized carbons (Fsp3) is 0.188. The maximum atomic E-state index is 4.75. The number of para-hydroxylation sites is 1. The van der Waals surface area contributed by atoms with Crippen molar-refractivity contribution in [3.63, 3.8) is 0 Å². The van der Waals surface area contributed by atoms with Crippen LogP contribution < -0.4 is 0 Å². The minimum Gasteiger partial charge on any atom is -0.335 e. The van der Waals surface area contributed by atoms with Gasteiger partial charge in [-0.25, -0.2) is 9.67 Å². The molecule has 0 fully saturated rings. The van der Waals surface area contributed by atoms with Crippen LogP contribution in [0.3, 0.4) is 0 Å². The van der Waals surface area contributed by atoms with E-state index in [1.165, 1.54) is 0 Å². The van der Waals surface area contributed by atoms with Crippen LogP contribution in [0.2, 0.25) is 0 Å². The smallest absolute Gasteiger partial charge is 0.181 e. The molecule has 0 radical (unpaired) electrons. The van der Waals surface area contributed by atoms with Gasteiger partial charge in [0.15, 0.2) is 5.65 Å². The summed E-state index contributed by atoms with van der Waals surface area (Å²) in [6.07, 6.45) is 1.81. The highest BCUT2D eigenvalue weighted by molar-refractivity contribution is 5.78. The summed E-state index contributed by atoms with van der Waals surface area (Å²) < 4.78 is 3.72. The van der Waals surface area contributed by atoms with Gasteiger partial charge in [0.1, 0.15) is 11.3 Å². The number of fused-ring (bicyclic) bond motifs is 1. The number of rotatable bonds is 2. The summed E-state index contributed by atoms with van der Waals surface area (Å²) >= 11 is 0. The van der Waals surface area contributed by atoms with Crippen LogP contribution in [0.5, 0.6) is 0 Å². The predicted molar refractivity (Wildman–Crippen MR) is 84.9 cm³/mol. The normalized spacial score (nSPS) is 11.4. The third kappa shape index (κ3) is 1.77. The van der Waals surface area contributed by atoms with Crippen molar-refractivity contribution >= 4 is 11.2 Å². The Kier molecular flexibility index (Phi) is 2.66. The number of hydrogen-bond donors (Lipinski definition) is 1. The fourth-order valence-corrected chi connectivity index (χ4v) is 2.79. The summed E-state index contributed by atoms with van der Waals surface area (Å²) in [5, 5.41) is 8.87. The highest BCUT2D eigenvalue weighted by atomic mass is 15.3. The molecule has 0 amide bonds. The lowest BCUT2D eigenvalue weighted by Crippen LogP contribution is -1.96. The molecule has 0 aliphatic heterocycles. The molecule has 4 rings (SSSR count). The second-order valence-electron chi connectivity index (χ2n) is 5.38. The van der Waals surface area contributed by atoms with E-state index in [4.69, 9.17) is 4.98 Å². The van der Waals surface area contributed by atoms with E-state index >= 15 is 0 Å². The van der Waals surface area contributed by atoms with Crippen molar-refractivity contribution in [2.75, 3.05) is 0 Å². The van der Waals surface area contributed by atoms with E-state index < -0.39 is 0 Å². The van der Waals surface area contributed by atoms with Crippen molar-refractivity contribution in [1.82, 2.24) is 29.5 Å². The Morgan fingerprint density at radius 1 is 1.09 bits per heavy atom. The number of benzene rings is 1. The number of aromatic amines is 1. The Bertz CT molecular complexity index is 958. The van der Waals surface area contributed by atoms with Gasteiger partial charge in [-0.15, -0.1) is 0 Å².